The third kappa shape index (κ3) is 3.25. The number of hydrogen-bond acceptors (Lipinski definition) is 4. The van der Waals surface area contributed by atoms with E-state index in [1.165, 1.54) is 11.1 Å². The largest absolute Gasteiger partial charge is 0.444 e. The van der Waals surface area contributed by atoms with E-state index in [2.05, 4.69) is 18.0 Å². The van der Waals surface area contributed by atoms with Gasteiger partial charge in [0, 0.05) is 19.5 Å². The second-order valence-corrected chi connectivity index (χ2v) is 7.42. The maximum atomic E-state index is 12.3. The van der Waals surface area contributed by atoms with Crippen LogP contribution in [-0.2, 0) is 24.0 Å². The molecule has 0 atom stereocenters. The molecular weight excluding hydrogens is 304 g/mol. The van der Waals surface area contributed by atoms with Crippen LogP contribution in [0.15, 0.2) is 10.5 Å². The van der Waals surface area contributed by atoms with E-state index < -0.39 is 5.60 Å². The molecule has 0 N–H and O–H groups in total. The van der Waals surface area contributed by atoms with E-state index >= 15 is 0 Å². The molecule has 0 saturated heterocycles. The van der Waals surface area contributed by atoms with Gasteiger partial charge < -0.3 is 14.1 Å². The maximum Gasteiger partial charge on any atom is 0.410 e. The first kappa shape index (κ1) is 16.8. The SMILES string of the molecule is CCc1nc2cc3c(c(C)c2o1)CCN(C(=O)OC(C)(C)C)CC3. The zero-order valence-corrected chi connectivity index (χ0v) is 15.2. The summed E-state index contributed by atoms with van der Waals surface area (Å²) >= 11 is 0. The number of aryl methyl sites for hydroxylation is 2. The lowest BCUT2D eigenvalue weighted by Crippen LogP contribution is -2.38. The van der Waals surface area contributed by atoms with E-state index in [4.69, 9.17) is 9.15 Å². The monoisotopic (exact) mass is 330 g/mol. The van der Waals surface area contributed by atoms with Gasteiger partial charge in [-0.1, -0.05) is 6.92 Å². The van der Waals surface area contributed by atoms with Crippen molar-refractivity contribution in [1.29, 1.82) is 0 Å². The lowest BCUT2D eigenvalue weighted by molar-refractivity contribution is 0.0258. The van der Waals surface area contributed by atoms with Crippen LogP contribution in [0, 0.1) is 6.92 Å². The summed E-state index contributed by atoms with van der Waals surface area (Å²) in [6.45, 7) is 11.2. The average Bonchev–Trinajstić information content (AvgIpc) is 2.78. The molecule has 0 aliphatic carbocycles. The molecule has 0 fully saturated rings. The van der Waals surface area contributed by atoms with Crippen LogP contribution in [-0.4, -0.2) is 34.7 Å². The van der Waals surface area contributed by atoms with Crippen LogP contribution in [0.3, 0.4) is 0 Å². The minimum Gasteiger partial charge on any atom is -0.444 e. The lowest BCUT2D eigenvalue weighted by Gasteiger charge is -2.26. The predicted octanol–water partition coefficient (Wildman–Crippen LogP) is 4.03. The molecule has 1 aromatic carbocycles. The van der Waals surface area contributed by atoms with Crippen LogP contribution >= 0.6 is 0 Å². The first-order chi connectivity index (χ1) is 11.3. The van der Waals surface area contributed by atoms with E-state index in [0.29, 0.717) is 13.1 Å². The summed E-state index contributed by atoms with van der Waals surface area (Å²) in [7, 11) is 0. The van der Waals surface area contributed by atoms with Gasteiger partial charge in [0.15, 0.2) is 11.5 Å². The molecular formula is C19H26N2O3. The minimum absolute atomic E-state index is 0.233. The molecule has 1 aliphatic heterocycles. The number of carbonyl (C=O) groups excluding carboxylic acids is 1. The summed E-state index contributed by atoms with van der Waals surface area (Å²) in [5, 5.41) is 0. The smallest absolute Gasteiger partial charge is 0.410 e. The fraction of sp³-hybridized carbons (Fsp3) is 0.579. The number of aromatic nitrogens is 1. The molecule has 1 amide bonds. The Labute approximate surface area is 143 Å². The van der Waals surface area contributed by atoms with Crippen molar-refractivity contribution in [3.8, 4) is 0 Å². The van der Waals surface area contributed by atoms with Crippen LogP contribution in [0.4, 0.5) is 4.79 Å². The third-order valence-corrected chi connectivity index (χ3v) is 4.43. The van der Waals surface area contributed by atoms with Gasteiger partial charge in [-0.3, -0.25) is 0 Å². The highest BCUT2D eigenvalue weighted by Gasteiger charge is 2.25. The fourth-order valence-corrected chi connectivity index (χ4v) is 3.22. The number of amides is 1. The van der Waals surface area contributed by atoms with Gasteiger partial charge >= 0.3 is 6.09 Å². The Balaban J connectivity index is 1.86. The summed E-state index contributed by atoms with van der Waals surface area (Å²) in [5.41, 5.74) is 5.05. The van der Waals surface area contributed by atoms with Crippen LogP contribution in [0.25, 0.3) is 11.1 Å². The second-order valence-electron chi connectivity index (χ2n) is 7.42. The highest BCUT2D eigenvalue weighted by molar-refractivity contribution is 5.79. The Bertz CT molecular complexity index is 771. The van der Waals surface area contributed by atoms with E-state index in [0.717, 1.165) is 41.8 Å². The molecule has 0 radical (unpaired) electrons. The van der Waals surface area contributed by atoms with Crippen molar-refractivity contribution in [1.82, 2.24) is 9.88 Å². The Morgan fingerprint density at radius 3 is 2.71 bits per heavy atom. The van der Waals surface area contributed by atoms with Gasteiger partial charge in [0.1, 0.15) is 11.1 Å². The van der Waals surface area contributed by atoms with Crippen LogP contribution < -0.4 is 0 Å². The number of carbonyl (C=O) groups is 1. The summed E-state index contributed by atoms with van der Waals surface area (Å²) in [6.07, 6.45) is 2.20. The molecule has 2 aromatic rings. The average molecular weight is 330 g/mol. The summed E-state index contributed by atoms with van der Waals surface area (Å²) in [6, 6.07) is 2.12. The summed E-state index contributed by atoms with van der Waals surface area (Å²) in [5.74, 6) is 0.781. The van der Waals surface area contributed by atoms with Gasteiger partial charge in [-0.2, -0.15) is 0 Å². The Kier molecular flexibility index (Phi) is 4.28. The molecule has 1 aliphatic rings. The lowest BCUT2D eigenvalue weighted by atomic mass is 9.97. The summed E-state index contributed by atoms with van der Waals surface area (Å²) < 4.78 is 11.4. The van der Waals surface area contributed by atoms with Crippen molar-refractivity contribution in [2.24, 2.45) is 0 Å². The molecule has 3 rings (SSSR count). The van der Waals surface area contributed by atoms with Crippen LogP contribution in [0.2, 0.25) is 0 Å². The van der Waals surface area contributed by atoms with Crippen molar-refractivity contribution in [3.05, 3.63) is 28.6 Å². The van der Waals surface area contributed by atoms with Gasteiger partial charge in [-0.25, -0.2) is 9.78 Å². The van der Waals surface area contributed by atoms with Crippen LogP contribution in [0.1, 0.15) is 50.3 Å². The molecule has 24 heavy (non-hydrogen) atoms. The quantitative estimate of drug-likeness (QED) is 0.792. The Hall–Kier alpha value is -2.04. The standard InChI is InChI=1S/C19H26N2O3/c1-6-16-20-15-11-13-7-9-21(18(22)24-19(3,4)5)10-8-14(13)12(2)17(15)23-16/h11H,6-10H2,1-5H3. The number of nitrogens with zero attached hydrogens (tertiary/aromatic N) is 2. The zero-order chi connectivity index (χ0) is 17.5. The molecule has 0 saturated carbocycles. The molecule has 5 heteroatoms. The van der Waals surface area contributed by atoms with Crippen molar-refractivity contribution in [2.75, 3.05) is 13.1 Å². The van der Waals surface area contributed by atoms with E-state index in [9.17, 15) is 4.79 Å². The van der Waals surface area contributed by atoms with Gasteiger partial charge in [0.25, 0.3) is 0 Å². The maximum absolute atomic E-state index is 12.3. The molecule has 5 nitrogen and oxygen atoms in total. The van der Waals surface area contributed by atoms with Gasteiger partial charge in [-0.05, 0) is 63.3 Å². The van der Waals surface area contributed by atoms with E-state index in [1.807, 2.05) is 27.7 Å². The first-order valence-corrected chi connectivity index (χ1v) is 8.67. The van der Waals surface area contributed by atoms with Crippen molar-refractivity contribution < 1.29 is 13.9 Å². The fourth-order valence-electron chi connectivity index (χ4n) is 3.22. The second kappa shape index (κ2) is 6.11. The van der Waals surface area contributed by atoms with Crippen molar-refractivity contribution in [2.45, 2.75) is 59.5 Å². The van der Waals surface area contributed by atoms with Crippen molar-refractivity contribution in [3.63, 3.8) is 0 Å². The number of oxazole rings is 1. The normalized spacial score (nSPS) is 15.3. The van der Waals surface area contributed by atoms with Crippen LogP contribution in [0.5, 0.6) is 0 Å². The Morgan fingerprint density at radius 1 is 1.33 bits per heavy atom. The van der Waals surface area contributed by atoms with Gasteiger partial charge in [0.2, 0.25) is 0 Å². The highest BCUT2D eigenvalue weighted by atomic mass is 16.6. The third-order valence-electron chi connectivity index (χ3n) is 4.43. The van der Waals surface area contributed by atoms with Gasteiger partial charge in [0.05, 0.1) is 0 Å². The number of fused-ring (bicyclic) bond motifs is 2. The molecule has 0 bridgehead atoms. The molecule has 1 aromatic heterocycles. The number of hydrogen-bond donors (Lipinski definition) is 0. The predicted molar refractivity (Wildman–Crippen MR) is 93.3 cm³/mol. The number of benzene rings is 1. The number of rotatable bonds is 1. The molecule has 0 unspecified atom stereocenters. The van der Waals surface area contributed by atoms with E-state index in [-0.39, 0.29) is 6.09 Å². The zero-order valence-electron chi connectivity index (χ0n) is 15.2. The van der Waals surface area contributed by atoms with Gasteiger partial charge in [-0.15, -0.1) is 0 Å². The summed E-state index contributed by atoms with van der Waals surface area (Å²) in [4.78, 5) is 18.7. The first-order valence-electron chi connectivity index (χ1n) is 8.67. The highest BCUT2D eigenvalue weighted by Crippen LogP contribution is 2.29. The van der Waals surface area contributed by atoms with Crippen molar-refractivity contribution >= 4 is 17.2 Å². The topological polar surface area (TPSA) is 55.6 Å². The molecule has 0 spiro atoms. The molecule has 130 valence electrons. The Morgan fingerprint density at radius 2 is 2.04 bits per heavy atom. The van der Waals surface area contributed by atoms with E-state index in [1.54, 1.807) is 4.90 Å². The number of ether oxygens (including phenoxy) is 1. The minimum atomic E-state index is -0.466. The molecule has 2 heterocycles.